The fourth-order valence-corrected chi connectivity index (χ4v) is 6.24. The van der Waals surface area contributed by atoms with Crippen LogP contribution >= 0.6 is 0 Å². The van der Waals surface area contributed by atoms with E-state index in [9.17, 15) is 0 Å². The second-order valence-electron chi connectivity index (χ2n) is 11.1. The van der Waals surface area contributed by atoms with Gasteiger partial charge in [0.2, 0.25) is 0 Å². The summed E-state index contributed by atoms with van der Waals surface area (Å²) in [6, 6.07) is 9.80. The van der Waals surface area contributed by atoms with Crippen molar-refractivity contribution in [3.8, 4) is 0 Å². The van der Waals surface area contributed by atoms with Gasteiger partial charge in [0.25, 0.3) is 0 Å². The first kappa shape index (κ1) is 25.6. The molecule has 2 aliphatic rings. The van der Waals surface area contributed by atoms with E-state index >= 15 is 0 Å². The minimum atomic E-state index is 0.818. The Bertz CT molecular complexity index is 629. The van der Waals surface area contributed by atoms with Crippen LogP contribution in [0.25, 0.3) is 5.57 Å². The van der Waals surface area contributed by atoms with Crippen molar-refractivity contribution in [3.05, 3.63) is 41.5 Å². The molecule has 0 bridgehead atoms. The standard InChI is InChI=1S/C32H52/c1-3-5-7-9-10-12-14-28-17-21-30(22-18-28)32-25-23-31(24-26-32)29-19-15-27(16-20-29)13-11-8-6-4-2/h21,23-29H,3-20,22H2,1-2H3. The van der Waals surface area contributed by atoms with E-state index in [0.29, 0.717) is 0 Å². The molecule has 0 radical (unpaired) electrons. The summed E-state index contributed by atoms with van der Waals surface area (Å²) in [6.07, 6.45) is 29.6. The van der Waals surface area contributed by atoms with Gasteiger partial charge in [-0.15, -0.1) is 0 Å². The Morgan fingerprint density at radius 1 is 0.625 bits per heavy atom. The molecule has 0 nitrogen and oxygen atoms in total. The first-order valence-electron chi connectivity index (χ1n) is 14.6. The monoisotopic (exact) mass is 436 g/mol. The number of benzene rings is 1. The van der Waals surface area contributed by atoms with E-state index < -0.39 is 0 Å². The molecule has 0 saturated heterocycles. The Balaban J connectivity index is 1.36. The predicted molar refractivity (Wildman–Crippen MR) is 143 cm³/mol. The third kappa shape index (κ3) is 8.72. The van der Waals surface area contributed by atoms with Crippen LogP contribution in [0.3, 0.4) is 0 Å². The molecule has 0 heterocycles. The molecule has 1 saturated carbocycles. The second kappa shape index (κ2) is 15.0. The molecule has 1 atom stereocenters. The van der Waals surface area contributed by atoms with Gasteiger partial charge in [0.1, 0.15) is 0 Å². The van der Waals surface area contributed by atoms with E-state index in [1.54, 1.807) is 11.1 Å². The molecule has 0 N–H and O–H groups in total. The summed E-state index contributed by atoms with van der Waals surface area (Å²) >= 11 is 0. The topological polar surface area (TPSA) is 0 Å². The van der Waals surface area contributed by atoms with Crippen LogP contribution in [0.15, 0.2) is 30.3 Å². The minimum absolute atomic E-state index is 0.818. The summed E-state index contributed by atoms with van der Waals surface area (Å²) in [4.78, 5) is 0. The molecule has 0 heteroatoms. The maximum Gasteiger partial charge on any atom is -0.0162 e. The Morgan fingerprint density at radius 3 is 1.84 bits per heavy atom. The van der Waals surface area contributed by atoms with Gasteiger partial charge in [0.15, 0.2) is 0 Å². The summed E-state index contributed by atoms with van der Waals surface area (Å²) in [5.74, 6) is 2.78. The van der Waals surface area contributed by atoms with Crippen molar-refractivity contribution >= 4 is 5.57 Å². The molecule has 0 aromatic heterocycles. The van der Waals surface area contributed by atoms with Crippen molar-refractivity contribution in [2.75, 3.05) is 0 Å². The van der Waals surface area contributed by atoms with Gasteiger partial charge in [-0.1, -0.05) is 121 Å². The molecule has 3 rings (SSSR count). The molecule has 0 spiro atoms. The SMILES string of the molecule is CCCCCCCCC1CC=C(c2ccc(C3CCC(CCCCCC)CC3)cc2)CC1. The van der Waals surface area contributed by atoms with E-state index in [2.05, 4.69) is 44.2 Å². The van der Waals surface area contributed by atoms with Crippen LogP contribution in [0.2, 0.25) is 0 Å². The zero-order valence-electron chi connectivity index (χ0n) is 21.6. The van der Waals surface area contributed by atoms with E-state index in [-0.39, 0.29) is 0 Å². The van der Waals surface area contributed by atoms with Crippen molar-refractivity contribution in [3.63, 3.8) is 0 Å². The van der Waals surface area contributed by atoms with Gasteiger partial charge in [-0.05, 0) is 79.4 Å². The highest BCUT2D eigenvalue weighted by molar-refractivity contribution is 5.66. The summed E-state index contributed by atoms with van der Waals surface area (Å²) in [6.45, 7) is 4.62. The highest BCUT2D eigenvalue weighted by Gasteiger charge is 2.22. The van der Waals surface area contributed by atoms with E-state index in [4.69, 9.17) is 0 Å². The minimum Gasteiger partial charge on any atom is -0.0804 e. The maximum absolute atomic E-state index is 2.57. The molecular formula is C32H52. The highest BCUT2D eigenvalue weighted by Crippen LogP contribution is 2.39. The number of hydrogen-bond donors (Lipinski definition) is 0. The van der Waals surface area contributed by atoms with Gasteiger partial charge < -0.3 is 0 Å². The molecular weight excluding hydrogens is 384 g/mol. The predicted octanol–water partition coefficient (Wildman–Crippen LogP) is 10.9. The normalized spacial score (nSPS) is 23.8. The smallest absolute Gasteiger partial charge is 0.0162 e. The van der Waals surface area contributed by atoms with E-state index in [0.717, 1.165) is 17.8 Å². The van der Waals surface area contributed by atoms with E-state index in [1.165, 1.54) is 128 Å². The third-order valence-corrected chi connectivity index (χ3v) is 8.55. The number of allylic oxidation sites excluding steroid dienone is 2. The number of hydrogen-bond acceptors (Lipinski definition) is 0. The summed E-state index contributed by atoms with van der Waals surface area (Å²) in [5, 5.41) is 0. The summed E-state index contributed by atoms with van der Waals surface area (Å²) in [7, 11) is 0. The first-order valence-corrected chi connectivity index (χ1v) is 14.6. The Morgan fingerprint density at radius 2 is 1.22 bits per heavy atom. The molecule has 32 heavy (non-hydrogen) atoms. The molecule has 2 aliphatic carbocycles. The van der Waals surface area contributed by atoms with Crippen molar-refractivity contribution in [1.82, 2.24) is 0 Å². The summed E-state index contributed by atoms with van der Waals surface area (Å²) in [5.41, 5.74) is 4.72. The van der Waals surface area contributed by atoms with Crippen LogP contribution in [-0.4, -0.2) is 0 Å². The largest absolute Gasteiger partial charge is 0.0804 e. The lowest BCUT2D eigenvalue weighted by Gasteiger charge is -2.29. The van der Waals surface area contributed by atoms with Gasteiger partial charge in [0, 0.05) is 0 Å². The molecule has 0 aliphatic heterocycles. The quantitative estimate of drug-likeness (QED) is 0.254. The second-order valence-corrected chi connectivity index (χ2v) is 11.1. The number of unbranched alkanes of at least 4 members (excludes halogenated alkanes) is 8. The van der Waals surface area contributed by atoms with Crippen molar-refractivity contribution in [2.45, 2.75) is 142 Å². The maximum atomic E-state index is 2.57. The Hall–Kier alpha value is -1.04. The molecule has 1 unspecified atom stereocenters. The van der Waals surface area contributed by atoms with Crippen LogP contribution in [0.5, 0.6) is 0 Å². The van der Waals surface area contributed by atoms with Crippen molar-refractivity contribution in [1.29, 1.82) is 0 Å². The first-order chi connectivity index (χ1) is 15.8. The molecule has 180 valence electrons. The fraction of sp³-hybridized carbons (Fsp3) is 0.750. The summed E-state index contributed by atoms with van der Waals surface area (Å²) < 4.78 is 0. The Kier molecular flexibility index (Phi) is 12.0. The molecule has 0 amide bonds. The Labute approximate surface area is 200 Å². The molecule has 1 fully saturated rings. The zero-order valence-corrected chi connectivity index (χ0v) is 21.6. The number of rotatable bonds is 14. The lowest BCUT2D eigenvalue weighted by molar-refractivity contribution is 0.302. The van der Waals surface area contributed by atoms with Crippen molar-refractivity contribution < 1.29 is 0 Å². The van der Waals surface area contributed by atoms with Crippen LogP contribution in [0.1, 0.15) is 153 Å². The molecule has 1 aromatic carbocycles. The van der Waals surface area contributed by atoms with Crippen LogP contribution in [0.4, 0.5) is 0 Å². The van der Waals surface area contributed by atoms with Crippen LogP contribution < -0.4 is 0 Å². The zero-order chi connectivity index (χ0) is 22.4. The van der Waals surface area contributed by atoms with Crippen molar-refractivity contribution in [2.24, 2.45) is 11.8 Å². The van der Waals surface area contributed by atoms with Crippen LogP contribution in [-0.2, 0) is 0 Å². The fourth-order valence-electron chi connectivity index (χ4n) is 6.24. The van der Waals surface area contributed by atoms with Gasteiger partial charge in [0.05, 0.1) is 0 Å². The third-order valence-electron chi connectivity index (χ3n) is 8.55. The average Bonchev–Trinajstić information content (AvgIpc) is 2.85. The highest BCUT2D eigenvalue weighted by atomic mass is 14.3. The van der Waals surface area contributed by atoms with E-state index in [1.807, 2.05) is 0 Å². The van der Waals surface area contributed by atoms with Gasteiger partial charge in [-0.2, -0.15) is 0 Å². The van der Waals surface area contributed by atoms with Crippen LogP contribution in [0, 0.1) is 11.8 Å². The van der Waals surface area contributed by atoms with Gasteiger partial charge in [-0.3, -0.25) is 0 Å². The van der Waals surface area contributed by atoms with Gasteiger partial charge >= 0.3 is 0 Å². The lowest BCUT2D eigenvalue weighted by Crippen LogP contribution is -2.13. The lowest BCUT2D eigenvalue weighted by atomic mass is 9.76. The average molecular weight is 437 g/mol. The molecule has 1 aromatic rings. The van der Waals surface area contributed by atoms with Gasteiger partial charge in [-0.25, -0.2) is 0 Å².